The third-order valence-electron chi connectivity index (χ3n) is 2.45. The van der Waals surface area contributed by atoms with Crippen LogP contribution in [0.4, 0.5) is 0 Å². The lowest BCUT2D eigenvalue weighted by molar-refractivity contribution is 0.199. The number of hydrogen-bond acceptors (Lipinski definition) is 6. The maximum Gasteiger partial charge on any atom is 0.151 e. The number of nitrogens with one attached hydrogen (secondary N) is 1. The van der Waals surface area contributed by atoms with Gasteiger partial charge in [0.05, 0.1) is 24.6 Å². The lowest BCUT2D eigenvalue weighted by Crippen LogP contribution is -2.18. The van der Waals surface area contributed by atoms with E-state index < -0.39 is 9.84 Å². The molecule has 0 atom stereocenters. The molecule has 0 aromatic carbocycles. The van der Waals surface area contributed by atoms with Crippen molar-refractivity contribution in [1.29, 1.82) is 0 Å². The van der Waals surface area contributed by atoms with E-state index in [1.54, 1.807) is 24.9 Å². The van der Waals surface area contributed by atoms with Crippen LogP contribution in [-0.4, -0.2) is 55.2 Å². The SMILES string of the molecule is CCS(=O)(=O)CCn1cc(CNCCOC)nn1. The normalized spacial score (nSPS) is 11.9. The standard InChI is InChI=1S/C10H20N4O3S/c1-3-18(15,16)7-5-14-9-10(12-13-14)8-11-4-6-17-2/h9,11H,3-8H2,1-2H3. The van der Waals surface area contributed by atoms with Crippen molar-refractivity contribution in [2.24, 2.45) is 0 Å². The molecule has 7 nitrogen and oxygen atoms in total. The Morgan fingerprint density at radius 3 is 2.94 bits per heavy atom. The molecule has 8 heteroatoms. The predicted molar refractivity (Wildman–Crippen MR) is 67.9 cm³/mol. The molecule has 0 aliphatic rings. The first-order valence-electron chi connectivity index (χ1n) is 5.86. The third-order valence-corrected chi connectivity index (χ3v) is 4.13. The highest BCUT2D eigenvalue weighted by Gasteiger charge is 2.08. The monoisotopic (exact) mass is 276 g/mol. The molecule has 0 saturated heterocycles. The predicted octanol–water partition coefficient (Wildman–Crippen LogP) is -0.551. The van der Waals surface area contributed by atoms with Crippen LogP contribution in [0.3, 0.4) is 0 Å². The molecule has 1 N–H and O–H groups in total. The van der Waals surface area contributed by atoms with Crippen molar-refractivity contribution in [1.82, 2.24) is 20.3 Å². The topological polar surface area (TPSA) is 86.1 Å². The summed E-state index contributed by atoms with van der Waals surface area (Å²) in [5.41, 5.74) is 0.792. The van der Waals surface area contributed by atoms with Crippen LogP contribution in [0.25, 0.3) is 0 Å². The van der Waals surface area contributed by atoms with Gasteiger partial charge < -0.3 is 10.1 Å². The van der Waals surface area contributed by atoms with Crippen molar-refractivity contribution in [3.8, 4) is 0 Å². The van der Waals surface area contributed by atoms with Crippen LogP contribution in [0.5, 0.6) is 0 Å². The second-order valence-corrected chi connectivity index (χ2v) is 6.35. The van der Waals surface area contributed by atoms with Gasteiger partial charge in [-0.2, -0.15) is 0 Å². The molecule has 0 fully saturated rings. The van der Waals surface area contributed by atoms with Gasteiger partial charge in [0.25, 0.3) is 0 Å². The second kappa shape index (κ2) is 7.45. The summed E-state index contributed by atoms with van der Waals surface area (Å²) in [5.74, 6) is 0.260. The van der Waals surface area contributed by atoms with Crippen LogP contribution in [0.1, 0.15) is 12.6 Å². The molecular formula is C10H20N4O3S. The summed E-state index contributed by atoms with van der Waals surface area (Å²) in [5, 5.41) is 11.0. The van der Waals surface area contributed by atoms with Gasteiger partial charge in [-0.05, 0) is 0 Å². The van der Waals surface area contributed by atoms with Crippen molar-refractivity contribution < 1.29 is 13.2 Å². The summed E-state index contributed by atoms with van der Waals surface area (Å²) in [6.07, 6.45) is 1.75. The van der Waals surface area contributed by atoms with E-state index in [1.165, 1.54) is 0 Å². The van der Waals surface area contributed by atoms with E-state index in [0.717, 1.165) is 12.2 Å². The number of aryl methyl sites for hydroxylation is 1. The van der Waals surface area contributed by atoms with Gasteiger partial charge in [-0.1, -0.05) is 12.1 Å². The maximum absolute atomic E-state index is 11.3. The van der Waals surface area contributed by atoms with Gasteiger partial charge in [-0.15, -0.1) is 5.10 Å². The number of methoxy groups -OCH3 is 1. The summed E-state index contributed by atoms with van der Waals surface area (Å²) in [6.45, 7) is 3.98. The van der Waals surface area contributed by atoms with Crippen LogP contribution in [0.2, 0.25) is 0 Å². The van der Waals surface area contributed by atoms with Crippen molar-refractivity contribution >= 4 is 9.84 Å². The average Bonchev–Trinajstić information content (AvgIpc) is 2.80. The van der Waals surface area contributed by atoms with Gasteiger partial charge in [0, 0.05) is 32.1 Å². The second-order valence-electron chi connectivity index (χ2n) is 3.88. The highest BCUT2D eigenvalue weighted by molar-refractivity contribution is 7.91. The average molecular weight is 276 g/mol. The molecule has 1 heterocycles. The minimum absolute atomic E-state index is 0.101. The zero-order chi connectivity index (χ0) is 13.4. The zero-order valence-corrected chi connectivity index (χ0v) is 11.6. The fourth-order valence-corrected chi connectivity index (χ4v) is 2.05. The molecule has 1 aromatic heterocycles. The summed E-state index contributed by atoms with van der Waals surface area (Å²) in [7, 11) is -1.31. The van der Waals surface area contributed by atoms with Crippen molar-refractivity contribution in [2.45, 2.75) is 20.0 Å². The maximum atomic E-state index is 11.3. The van der Waals surface area contributed by atoms with E-state index in [2.05, 4.69) is 15.6 Å². The van der Waals surface area contributed by atoms with E-state index in [1.807, 2.05) is 0 Å². The first-order valence-corrected chi connectivity index (χ1v) is 7.68. The molecule has 0 radical (unpaired) electrons. The summed E-state index contributed by atoms with van der Waals surface area (Å²) < 4.78 is 29.1. The number of ether oxygens (including phenoxy) is 1. The molecule has 1 rings (SSSR count). The molecule has 1 aromatic rings. The molecule has 0 amide bonds. The van der Waals surface area contributed by atoms with E-state index >= 15 is 0 Å². The molecule has 0 spiro atoms. The molecule has 18 heavy (non-hydrogen) atoms. The van der Waals surface area contributed by atoms with Crippen LogP contribution in [0, 0.1) is 0 Å². The van der Waals surface area contributed by atoms with Gasteiger partial charge in [-0.3, -0.25) is 4.68 Å². The first-order chi connectivity index (χ1) is 8.57. The zero-order valence-electron chi connectivity index (χ0n) is 10.8. The summed E-state index contributed by atoms with van der Waals surface area (Å²) in [6, 6.07) is 0. The van der Waals surface area contributed by atoms with Gasteiger partial charge in [-0.25, -0.2) is 8.42 Å². The number of hydrogen-bond donors (Lipinski definition) is 1. The van der Waals surface area contributed by atoms with Crippen LogP contribution in [-0.2, 0) is 27.7 Å². The van der Waals surface area contributed by atoms with Crippen molar-refractivity contribution in [3.63, 3.8) is 0 Å². The number of nitrogens with zero attached hydrogens (tertiary/aromatic N) is 3. The number of sulfone groups is 1. The Morgan fingerprint density at radius 2 is 2.28 bits per heavy atom. The fourth-order valence-electron chi connectivity index (χ4n) is 1.30. The highest BCUT2D eigenvalue weighted by atomic mass is 32.2. The molecule has 0 aliphatic carbocycles. The Morgan fingerprint density at radius 1 is 1.50 bits per heavy atom. The smallest absolute Gasteiger partial charge is 0.151 e. The number of aromatic nitrogens is 3. The quantitative estimate of drug-likeness (QED) is 0.609. The Hall–Kier alpha value is -0.990. The molecule has 0 aliphatic heterocycles. The number of rotatable bonds is 9. The van der Waals surface area contributed by atoms with E-state index in [4.69, 9.17) is 4.74 Å². The Bertz CT molecular complexity index is 444. The van der Waals surface area contributed by atoms with Gasteiger partial charge in [0.15, 0.2) is 9.84 Å². The molecule has 0 unspecified atom stereocenters. The van der Waals surface area contributed by atoms with Gasteiger partial charge in [0.1, 0.15) is 0 Å². The first kappa shape index (κ1) is 15.1. The van der Waals surface area contributed by atoms with Gasteiger partial charge >= 0.3 is 0 Å². The fraction of sp³-hybridized carbons (Fsp3) is 0.800. The highest BCUT2D eigenvalue weighted by Crippen LogP contribution is 1.96. The minimum Gasteiger partial charge on any atom is -0.383 e. The lowest BCUT2D eigenvalue weighted by Gasteiger charge is -2.01. The van der Waals surface area contributed by atoms with Crippen LogP contribution < -0.4 is 5.32 Å². The van der Waals surface area contributed by atoms with E-state index in [0.29, 0.717) is 19.7 Å². The van der Waals surface area contributed by atoms with Crippen LogP contribution >= 0.6 is 0 Å². The molecular weight excluding hydrogens is 256 g/mol. The van der Waals surface area contributed by atoms with Gasteiger partial charge in [0.2, 0.25) is 0 Å². The van der Waals surface area contributed by atoms with Crippen molar-refractivity contribution in [3.05, 3.63) is 11.9 Å². The summed E-state index contributed by atoms with van der Waals surface area (Å²) in [4.78, 5) is 0. The Labute approximate surface area is 107 Å². The third kappa shape index (κ3) is 5.56. The largest absolute Gasteiger partial charge is 0.383 e. The Kier molecular flexibility index (Phi) is 6.23. The minimum atomic E-state index is -2.95. The summed E-state index contributed by atoms with van der Waals surface area (Å²) >= 11 is 0. The van der Waals surface area contributed by atoms with Crippen molar-refractivity contribution in [2.75, 3.05) is 31.8 Å². The molecule has 0 saturated carbocycles. The molecule has 0 bridgehead atoms. The van der Waals surface area contributed by atoms with E-state index in [9.17, 15) is 8.42 Å². The Balaban J connectivity index is 2.34. The lowest BCUT2D eigenvalue weighted by atomic mass is 10.4. The van der Waals surface area contributed by atoms with Crippen LogP contribution in [0.15, 0.2) is 6.20 Å². The molecule has 104 valence electrons. The van der Waals surface area contributed by atoms with E-state index in [-0.39, 0.29) is 11.5 Å².